The van der Waals surface area contributed by atoms with Crippen LogP contribution in [0.2, 0.25) is 5.02 Å². The molecule has 3 aromatic rings. The van der Waals surface area contributed by atoms with E-state index in [1.165, 1.54) is 4.90 Å². The largest absolute Gasteiger partial charge is 0.451 e. The predicted molar refractivity (Wildman–Crippen MR) is 131 cm³/mol. The number of carbonyl (C=O) groups is 3. The van der Waals surface area contributed by atoms with Crippen molar-refractivity contribution in [3.63, 3.8) is 0 Å². The maximum atomic E-state index is 13.4. The zero-order valence-electron chi connectivity index (χ0n) is 18.5. The summed E-state index contributed by atoms with van der Waals surface area (Å²) in [6.45, 7) is 1.33. The van der Waals surface area contributed by atoms with E-state index in [0.717, 1.165) is 28.7 Å². The Hall–Kier alpha value is -2.97. The van der Waals surface area contributed by atoms with Crippen LogP contribution >= 0.6 is 23.4 Å². The second-order valence-corrected chi connectivity index (χ2v) is 9.97. The summed E-state index contributed by atoms with van der Waals surface area (Å²) >= 11 is 7.60. The lowest BCUT2D eigenvalue weighted by molar-refractivity contribution is -0.146. The lowest BCUT2D eigenvalue weighted by Crippen LogP contribution is -2.54. The minimum absolute atomic E-state index is 0.136. The Morgan fingerprint density at radius 1 is 0.971 bits per heavy atom. The van der Waals surface area contributed by atoms with Gasteiger partial charge in [-0.1, -0.05) is 29.8 Å². The molecule has 3 amide bonds. The fourth-order valence-corrected chi connectivity index (χ4v) is 5.03. The molecule has 0 atom stereocenters. The number of nitrogens with zero attached hydrogens (tertiary/aromatic N) is 2. The van der Waals surface area contributed by atoms with Crippen molar-refractivity contribution in [2.24, 2.45) is 0 Å². The molecule has 2 aromatic carbocycles. The molecule has 0 spiro atoms. The molecule has 1 aliphatic heterocycles. The van der Waals surface area contributed by atoms with E-state index in [1.54, 1.807) is 16.7 Å². The highest BCUT2D eigenvalue weighted by Gasteiger charge is 2.33. The Morgan fingerprint density at radius 3 is 2.35 bits per heavy atom. The number of nitrogens with one attached hydrogen (secondary N) is 1. The summed E-state index contributed by atoms with van der Waals surface area (Å²) in [5.41, 5.74) is 1.52. The van der Waals surface area contributed by atoms with Gasteiger partial charge in [-0.05, 0) is 43.2 Å². The van der Waals surface area contributed by atoms with Gasteiger partial charge in [-0.3, -0.25) is 14.4 Å². The third kappa shape index (κ3) is 4.93. The number of thioether (sulfide) groups is 1. The van der Waals surface area contributed by atoms with Gasteiger partial charge in [0.05, 0.1) is 0 Å². The van der Waals surface area contributed by atoms with Crippen molar-refractivity contribution in [1.82, 2.24) is 15.1 Å². The van der Waals surface area contributed by atoms with Gasteiger partial charge in [0, 0.05) is 58.8 Å². The number of para-hydroxylation sites is 1. The topological polar surface area (TPSA) is 82.9 Å². The summed E-state index contributed by atoms with van der Waals surface area (Å²) in [5.74, 6) is -0.380. The molecule has 1 aromatic heterocycles. The number of rotatable bonds is 5. The Labute approximate surface area is 206 Å². The van der Waals surface area contributed by atoms with Crippen LogP contribution in [0, 0.1) is 0 Å². The molecule has 2 heterocycles. The highest BCUT2D eigenvalue weighted by molar-refractivity contribution is 7.98. The van der Waals surface area contributed by atoms with E-state index in [2.05, 4.69) is 5.32 Å². The van der Waals surface area contributed by atoms with Crippen molar-refractivity contribution >= 4 is 52.1 Å². The lowest BCUT2D eigenvalue weighted by atomic mass is 10.1. The van der Waals surface area contributed by atoms with Gasteiger partial charge in [-0.2, -0.15) is 0 Å². The number of hydrogen-bond donors (Lipinski definition) is 1. The summed E-state index contributed by atoms with van der Waals surface area (Å²) in [4.78, 5) is 42.2. The maximum absolute atomic E-state index is 13.4. The first-order chi connectivity index (χ1) is 16.5. The van der Waals surface area contributed by atoms with Crippen molar-refractivity contribution in [3.05, 3.63) is 64.9 Å². The number of fused-ring (bicyclic) bond motifs is 1. The number of hydrogen-bond acceptors (Lipinski definition) is 5. The van der Waals surface area contributed by atoms with E-state index in [9.17, 15) is 14.4 Å². The summed E-state index contributed by atoms with van der Waals surface area (Å²) in [6, 6.07) is 15.4. The number of halogens is 1. The zero-order valence-corrected chi connectivity index (χ0v) is 20.0. The van der Waals surface area contributed by atoms with Crippen LogP contribution in [0.25, 0.3) is 11.0 Å². The van der Waals surface area contributed by atoms with Gasteiger partial charge in [0.25, 0.3) is 5.91 Å². The van der Waals surface area contributed by atoms with Gasteiger partial charge < -0.3 is 19.5 Å². The van der Waals surface area contributed by atoms with E-state index in [0.29, 0.717) is 48.3 Å². The normalized spacial score (nSPS) is 16.0. The van der Waals surface area contributed by atoms with Crippen molar-refractivity contribution in [3.8, 4) is 0 Å². The molecule has 2 aliphatic rings. The molecule has 7 nitrogen and oxygen atoms in total. The molecule has 0 radical (unpaired) electrons. The Kier molecular flexibility index (Phi) is 6.52. The molecule has 5 rings (SSSR count). The molecule has 1 aliphatic carbocycles. The minimum Gasteiger partial charge on any atom is -0.451 e. The van der Waals surface area contributed by atoms with E-state index >= 15 is 0 Å². The maximum Gasteiger partial charge on any atom is 0.312 e. The number of carbonyl (C=O) groups excluding carboxylic acids is 3. The molecule has 1 N–H and O–H groups in total. The molecule has 1 saturated carbocycles. The first-order valence-corrected chi connectivity index (χ1v) is 12.6. The van der Waals surface area contributed by atoms with E-state index in [4.69, 9.17) is 16.0 Å². The van der Waals surface area contributed by atoms with Crippen molar-refractivity contribution < 1.29 is 18.8 Å². The molecule has 0 bridgehead atoms. The molecule has 2 fully saturated rings. The number of benzene rings is 2. The first-order valence-electron chi connectivity index (χ1n) is 11.3. The standard InChI is InChI=1S/C25H24ClN3O4S/c26-16-5-9-18(10-6-16)34-15-20-19-3-1-2-4-21(19)33-22(20)24(31)28-11-13-29(14-12-28)25(32)23(30)27-17-7-8-17/h1-6,9-10,17H,7-8,11-15H2,(H,27,30). The SMILES string of the molecule is O=C(NC1CC1)C(=O)N1CCN(C(=O)c2oc3ccccc3c2CSc2ccc(Cl)cc2)CC1. The number of piperazine rings is 1. The summed E-state index contributed by atoms with van der Waals surface area (Å²) in [5, 5.41) is 4.32. The van der Waals surface area contributed by atoms with Gasteiger partial charge in [0.1, 0.15) is 5.58 Å². The number of amides is 3. The molecular weight excluding hydrogens is 474 g/mol. The van der Waals surface area contributed by atoms with Crippen molar-refractivity contribution in [1.29, 1.82) is 0 Å². The van der Waals surface area contributed by atoms with E-state index < -0.39 is 11.8 Å². The highest BCUT2D eigenvalue weighted by Crippen LogP contribution is 2.33. The monoisotopic (exact) mass is 497 g/mol. The molecule has 0 unspecified atom stereocenters. The fourth-order valence-electron chi connectivity index (χ4n) is 3.98. The van der Waals surface area contributed by atoms with Crippen LogP contribution < -0.4 is 5.32 Å². The Morgan fingerprint density at radius 2 is 1.65 bits per heavy atom. The van der Waals surface area contributed by atoms with Gasteiger partial charge in [-0.15, -0.1) is 11.8 Å². The molecule has 9 heteroatoms. The number of furan rings is 1. The second-order valence-electron chi connectivity index (χ2n) is 8.48. The fraction of sp³-hybridized carbons (Fsp3) is 0.320. The van der Waals surface area contributed by atoms with Crippen LogP contribution in [0.3, 0.4) is 0 Å². The van der Waals surface area contributed by atoms with Gasteiger partial charge >= 0.3 is 11.8 Å². The zero-order chi connectivity index (χ0) is 23.7. The quantitative estimate of drug-likeness (QED) is 0.426. The average molecular weight is 498 g/mol. The molecular formula is C25H24ClN3O4S. The van der Waals surface area contributed by atoms with Crippen LogP contribution in [0.15, 0.2) is 57.8 Å². The lowest BCUT2D eigenvalue weighted by Gasteiger charge is -2.34. The molecule has 34 heavy (non-hydrogen) atoms. The highest BCUT2D eigenvalue weighted by atomic mass is 35.5. The van der Waals surface area contributed by atoms with Gasteiger partial charge in [0.2, 0.25) is 0 Å². The predicted octanol–water partition coefficient (Wildman–Crippen LogP) is 3.94. The van der Waals surface area contributed by atoms with Crippen LogP contribution in [0.5, 0.6) is 0 Å². The van der Waals surface area contributed by atoms with Gasteiger partial charge in [-0.25, -0.2) is 0 Å². The van der Waals surface area contributed by atoms with E-state index in [1.807, 2.05) is 48.5 Å². The van der Waals surface area contributed by atoms with Crippen LogP contribution in [0.4, 0.5) is 0 Å². The van der Waals surface area contributed by atoms with Crippen LogP contribution in [-0.4, -0.2) is 59.7 Å². The van der Waals surface area contributed by atoms with Crippen LogP contribution in [0.1, 0.15) is 29.0 Å². The Balaban J connectivity index is 1.29. The summed E-state index contributed by atoms with van der Waals surface area (Å²) in [6.07, 6.45) is 1.86. The van der Waals surface area contributed by atoms with Crippen molar-refractivity contribution in [2.45, 2.75) is 29.5 Å². The third-order valence-electron chi connectivity index (χ3n) is 6.05. The smallest absolute Gasteiger partial charge is 0.312 e. The summed E-state index contributed by atoms with van der Waals surface area (Å²) in [7, 11) is 0. The van der Waals surface area contributed by atoms with E-state index in [-0.39, 0.29) is 11.9 Å². The first kappa shape index (κ1) is 22.8. The molecule has 1 saturated heterocycles. The van der Waals surface area contributed by atoms with Gasteiger partial charge in [0.15, 0.2) is 5.76 Å². The minimum atomic E-state index is -0.555. The Bertz CT molecular complexity index is 1230. The third-order valence-corrected chi connectivity index (χ3v) is 7.34. The summed E-state index contributed by atoms with van der Waals surface area (Å²) < 4.78 is 6.01. The van der Waals surface area contributed by atoms with Crippen LogP contribution in [-0.2, 0) is 15.3 Å². The second kappa shape index (κ2) is 9.72. The average Bonchev–Trinajstić information content (AvgIpc) is 3.60. The molecule has 176 valence electrons. The van der Waals surface area contributed by atoms with Crippen molar-refractivity contribution in [2.75, 3.05) is 26.2 Å².